The van der Waals surface area contributed by atoms with Crippen molar-refractivity contribution in [1.29, 1.82) is 0 Å². The van der Waals surface area contributed by atoms with Crippen LogP contribution in [0.1, 0.15) is 25.1 Å². The number of amides is 1. The molecule has 3 rings (SSSR count). The maximum Gasteiger partial charge on any atom is 0.207 e. The van der Waals surface area contributed by atoms with E-state index in [-0.39, 0.29) is 0 Å². The molecule has 0 aliphatic carbocycles. The van der Waals surface area contributed by atoms with Crippen LogP contribution in [0.2, 0.25) is 0 Å². The van der Waals surface area contributed by atoms with Crippen LogP contribution in [0.4, 0.5) is 0 Å². The molecule has 6 heteroatoms. The molecule has 6 nitrogen and oxygen atoms in total. The van der Waals surface area contributed by atoms with Gasteiger partial charge in [-0.2, -0.15) is 0 Å². The maximum absolute atomic E-state index is 10.4. The van der Waals surface area contributed by atoms with Crippen LogP contribution < -0.4 is 14.8 Å². The number of carbonyl (C=O) groups excluding carboxylic acids is 1. The van der Waals surface area contributed by atoms with E-state index in [2.05, 4.69) is 16.0 Å². The lowest BCUT2D eigenvalue weighted by Gasteiger charge is -2.10. The monoisotopic (exact) mass is 381 g/mol. The van der Waals surface area contributed by atoms with Crippen LogP contribution in [0, 0.1) is 0 Å². The van der Waals surface area contributed by atoms with Crippen molar-refractivity contribution < 1.29 is 14.3 Å². The summed E-state index contributed by atoms with van der Waals surface area (Å²) in [7, 11) is 1.66. The Morgan fingerprint density at radius 3 is 2.61 bits per heavy atom. The number of imidazole rings is 1. The lowest BCUT2D eigenvalue weighted by Crippen LogP contribution is -2.14. The van der Waals surface area contributed by atoms with E-state index in [9.17, 15) is 4.79 Å². The molecule has 2 aromatic carbocycles. The van der Waals surface area contributed by atoms with E-state index in [0.717, 1.165) is 67.0 Å². The SMILES string of the molecule is COc1ccc(OCCCCn2c(CCCNC=O)nc3ccccc32)cc1. The Labute approximate surface area is 165 Å². The van der Waals surface area contributed by atoms with Crippen molar-refractivity contribution in [3.63, 3.8) is 0 Å². The second-order valence-corrected chi connectivity index (χ2v) is 6.58. The third-order valence-electron chi connectivity index (χ3n) is 4.64. The van der Waals surface area contributed by atoms with Gasteiger partial charge in [0.15, 0.2) is 0 Å². The summed E-state index contributed by atoms with van der Waals surface area (Å²) in [6, 6.07) is 15.9. The number of rotatable bonds is 12. The standard InChI is InChI=1S/C22H27N3O3/c1-27-18-10-12-19(13-11-18)28-16-5-4-15-25-21-8-3-2-7-20(21)24-22(25)9-6-14-23-17-26/h2-3,7-8,10-13,17H,4-6,9,14-16H2,1H3,(H,23,26). The molecule has 0 unspecified atom stereocenters. The van der Waals surface area contributed by atoms with E-state index >= 15 is 0 Å². The van der Waals surface area contributed by atoms with Crippen molar-refractivity contribution in [2.24, 2.45) is 0 Å². The zero-order chi connectivity index (χ0) is 19.6. The molecule has 0 aliphatic heterocycles. The van der Waals surface area contributed by atoms with Crippen LogP contribution in [0.3, 0.4) is 0 Å². The molecule has 0 aliphatic rings. The Morgan fingerprint density at radius 2 is 1.82 bits per heavy atom. The van der Waals surface area contributed by atoms with E-state index in [1.54, 1.807) is 7.11 Å². The van der Waals surface area contributed by atoms with Crippen LogP contribution in [0.25, 0.3) is 11.0 Å². The fraction of sp³-hybridized carbons (Fsp3) is 0.364. The number of nitrogens with zero attached hydrogens (tertiary/aromatic N) is 2. The molecule has 3 aromatic rings. The predicted octanol–water partition coefficient (Wildman–Crippen LogP) is 3.58. The molecule has 0 fully saturated rings. The Bertz CT molecular complexity index is 874. The lowest BCUT2D eigenvalue weighted by molar-refractivity contribution is -0.109. The number of ether oxygens (including phenoxy) is 2. The second-order valence-electron chi connectivity index (χ2n) is 6.58. The molecule has 0 radical (unpaired) electrons. The number of hydrogen-bond acceptors (Lipinski definition) is 4. The summed E-state index contributed by atoms with van der Waals surface area (Å²) >= 11 is 0. The number of unbranched alkanes of at least 4 members (excludes halogenated alkanes) is 1. The van der Waals surface area contributed by atoms with Crippen molar-refractivity contribution in [2.45, 2.75) is 32.2 Å². The van der Waals surface area contributed by atoms with Gasteiger partial charge in [-0.05, 0) is 55.7 Å². The molecular formula is C22H27N3O3. The van der Waals surface area contributed by atoms with Crippen molar-refractivity contribution in [3.05, 3.63) is 54.4 Å². The molecule has 28 heavy (non-hydrogen) atoms. The Kier molecular flexibility index (Phi) is 7.29. The minimum Gasteiger partial charge on any atom is -0.497 e. The van der Waals surface area contributed by atoms with Crippen LogP contribution in [-0.4, -0.2) is 36.2 Å². The lowest BCUT2D eigenvalue weighted by atomic mass is 10.2. The summed E-state index contributed by atoms with van der Waals surface area (Å²) in [5.74, 6) is 2.76. The van der Waals surface area contributed by atoms with E-state index in [1.807, 2.05) is 42.5 Å². The fourth-order valence-corrected chi connectivity index (χ4v) is 3.21. The third kappa shape index (κ3) is 5.25. The first-order valence-electron chi connectivity index (χ1n) is 9.70. The van der Waals surface area contributed by atoms with Gasteiger partial charge in [-0.25, -0.2) is 4.98 Å². The number of aromatic nitrogens is 2. The maximum atomic E-state index is 10.4. The Balaban J connectivity index is 1.52. The van der Waals surface area contributed by atoms with Crippen LogP contribution in [0.15, 0.2) is 48.5 Å². The minimum atomic E-state index is 0.669. The molecule has 0 atom stereocenters. The van der Waals surface area contributed by atoms with Gasteiger partial charge in [0.1, 0.15) is 17.3 Å². The summed E-state index contributed by atoms with van der Waals surface area (Å²) < 4.78 is 13.3. The first kappa shape index (κ1) is 19.7. The van der Waals surface area contributed by atoms with Crippen molar-refractivity contribution in [1.82, 2.24) is 14.9 Å². The topological polar surface area (TPSA) is 65.4 Å². The third-order valence-corrected chi connectivity index (χ3v) is 4.64. The van der Waals surface area contributed by atoms with Crippen molar-refractivity contribution >= 4 is 17.4 Å². The zero-order valence-corrected chi connectivity index (χ0v) is 16.3. The molecule has 0 saturated heterocycles. The number of hydrogen-bond donors (Lipinski definition) is 1. The van der Waals surface area contributed by atoms with Gasteiger partial charge >= 0.3 is 0 Å². The average Bonchev–Trinajstić information content (AvgIpc) is 3.09. The van der Waals surface area contributed by atoms with Gasteiger partial charge < -0.3 is 19.4 Å². The van der Waals surface area contributed by atoms with Crippen LogP contribution in [0.5, 0.6) is 11.5 Å². The molecule has 1 heterocycles. The number of aryl methyl sites for hydroxylation is 2. The van der Waals surface area contributed by atoms with Gasteiger partial charge in [0.05, 0.1) is 24.8 Å². The largest absolute Gasteiger partial charge is 0.497 e. The zero-order valence-electron chi connectivity index (χ0n) is 16.3. The normalized spacial score (nSPS) is 10.8. The number of carbonyl (C=O) groups is 1. The highest BCUT2D eigenvalue weighted by molar-refractivity contribution is 5.75. The van der Waals surface area contributed by atoms with E-state index in [0.29, 0.717) is 13.2 Å². The Morgan fingerprint density at radius 1 is 1.04 bits per heavy atom. The van der Waals surface area contributed by atoms with Crippen LogP contribution >= 0.6 is 0 Å². The number of para-hydroxylation sites is 2. The predicted molar refractivity (Wildman–Crippen MR) is 110 cm³/mol. The van der Waals surface area contributed by atoms with Gasteiger partial charge in [0.25, 0.3) is 0 Å². The first-order valence-corrected chi connectivity index (χ1v) is 9.70. The van der Waals surface area contributed by atoms with Gasteiger partial charge in [-0.3, -0.25) is 4.79 Å². The summed E-state index contributed by atoms with van der Waals surface area (Å²) in [6.45, 7) is 2.25. The molecule has 1 aromatic heterocycles. The summed E-state index contributed by atoms with van der Waals surface area (Å²) in [5, 5.41) is 2.71. The van der Waals surface area contributed by atoms with Crippen LogP contribution in [-0.2, 0) is 17.8 Å². The first-order chi connectivity index (χ1) is 13.8. The van der Waals surface area contributed by atoms with E-state index in [4.69, 9.17) is 14.5 Å². The van der Waals surface area contributed by atoms with Gasteiger partial charge in [0.2, 0.25) is 6.41 Å². The molecular weight excluding hydrogens is 354 g/mol. The summed E-state index contributed by atoms with van der Waals surface area (Å²) in [5.41, 5.74) is 2.19. The average molecular weight is 381 g/mol. The minimum absolute atomic E-state index is 0.669. The van der Waals surface area contributed by atoms with Gasteiger partial charge in [-0.15, -0.1) is 0 Å². The van der Waals surface area contributed by atoms with Crippen molar-refractivity contribution in [2.75, 3.05) is 20.3 Å². The van der Waals surface area contributed by atoms with E-state index in [1.165, 1.54) is 0 Å². The number of fused-ring (bicyclic) bond motifs is 1. The number of benzene rings is 2. The fourth-order valence-electron chi connectivity index (χ4n) is 3.21. The number of nitrogens with one attached hydrogen (secondary N) is 1. The Hall–Kier alpha value is -3.02. The van der Waals surface area contributed by atoms with Crippen molar-refractivity contribution in [3.8, 4) is 11.5 Å². The summed E-state index contributed by atoms with van der Waals surface area (Å²) in [6.07, 6.45) is 4.44. The quantitative estimate of drug-likeness (QED) is 0.385. The molecule has 0 bridgehead atoms. The highest BCUT2D eigenvalue weighted by Gasteiger charge is 2.10. The molecule has 0 spiro atoms. The second kappa shape index (κ2) is 10.3. The summed E-state index contributed by atoms with van der Waals surface area (Å²) in [4.78, 5) is 15.2. The van der Waals surface area contributed by atoms with Gasteiger partial charge in [0, 0.05) is 19.5 Å². The molecule has 1 amide bonds. The highest BCUT2D eigenvalue weighted by atomic mass is 16.5. The van der Waals surface area contributed by atoms with Gasteiger partial charge in [-0.1, -0.05) is 12.1 Å². The van der Waals surface area contributed by atoms with E-state index < -0.39 is 0 Å². The highest BCUT2D eigenvalue weighted by Crippen LogP contribution is 2.19. The molecule has 148 valence electrons. The number of methoxy groups -OCH3 is 1. The molecule has 0 saturated carbocycles. The molecule has 1 N–H and O–H groups in total. The smallest absolute Gasteiger partial charge is 0.207 e.